The largest absolute Gasteiger partial charge is 0.396 e. The van der Waals surface area contributed by atoms with E-state index in [1.807, 2.05) is 0 Å². The van der Waals surface area contributed by atoms with Crippen molar-refractivity contribution < 1.29 is 5.11 Å². The summed E-state index contributed by atoms with van der Waals surface area (Å²) in [6, 6.07) is 0. The Morgan fingerprint density at radius 2 is 2.42 bits per heavy atom. The summed E-state index contributed by atoms with van der Waals surface area (Å²) in [6.07, 6.45) is 4.50. The van der Waals surface area contributed by atoms with E-state index in [-0.39, 0.29) is 0 Å². The highest BCUT2D eigenvalue weighted by Crippen LogP contribution is 2.24. The summed E-state index contributed by atoms with van der Waals surface area (Å²) in [6.45, 7) is 6.53. The first kappa shape index (κ1) is 14.7. The van der Waals surface area contributed by atoms with E-state index in [1.54, 1.807) is 0 Å². The lowest BCUT2D eigenvalue weighted by Gasteiger charge is -2.32. The fourth-order valence-corrected chi connectivity index (χ4v) is 3.21. The van der Waals surface area contributed by atoms with Crippen LogP contribution < -0.4 is 5.32 Å². The normalized spacial score (nSPS) is 20.6. The number of anilines is 1. The van der Waals surface area contributed by atoms with E-state index >= 15 is 0 Å². The van der Waals surface area contributed by atoms with Crippen LogP contribution in [0.2, 0.25) is 0 Å². The molecule has 108 valence electrons. The number of hydrogen-bond acceptors (Lipinski definition) is 6. The van der Waals surface area contributed by atoms with Crippen molar-refractivity contribution in [3.63, 3.8) is 0 Å². The number of aliphatic hydroxyl groups excluding tert-OH is 1. The van der Waals surface area contributed by atoms with Crippen LogP contribution >= 0.6 is 11.5 Å². The molecule has 1 aliphatic heterocycles. The lowest BCUT2D eigenvalue weighted by Crippen LogP contribution is -2.35. The van der Waals surface area contributed by atoms with E-state index < -0.39 is 0 Å². The third-order valence-corrected chi connectivity index (χ3v) is 4.33. The Bertz CT molecular complexity index is 369. The zero-order valence-electron chi connectivity index (χ0n) is 11.6. The van der Waals surface area contributed by atoms with Gasteiger partial charge in [0.25, 0.3) is 0 Å². The summed E-state index contributed by atoms with van der Waals surface area (Å²) in [5.41, 5.74) is 1.07. The monoisotopic (exact) mass is 284 g/mol. The van der Waals surface area contributed by atoms with Crippen molar-refractivity contribution in [3.8, 4) is 0 Å². The van der Waals surface area contributed by atoms with Gasteiger partial charge in [-0.15, -0.1) is 5.10 Å². The Kier molecular flexibility index (Phi) is 6.00. The number of hydrogen-bond donors (Lipinski definition) is 2. The van der Waals surface area contributed by atoms with Crippen LogP contribution in [0.25, 0.3) is 0 Å². The minimum absolute atomic E-state index is 0.306. The maximum atomic E-state index is 9.05. The number of nitrogens with zero attached hydrogens (tertiary/aromatic N) is 3. The number of likely N-dealkylation sites (tertiary alicyclic amines) is 1. The topological polar surface area (TPSA) is 61.3 Å². The summed E-state index contributed by atoms with van der Waals surface area (Å²) in [5, 5.41) is 17.8. The number of rotatable bonds is 7. The Morgan fingerprint density at radius 3 is 3.21 bits per heavy atom. The minimum Gasteiger partial charge on any atom is -0.396 e. The molecule has 0 bridgehead atoms. The van der Waals surface area contributed by atoms with Crippen LogP contribution in [0.3, 0.4) is 0 Å². The zero-order valence-corrected chi connectivity index (χ0v) is 12.5. The highest BCUT2D eigenvalue weighted by molar-refractivity contribution is 7.10. The fourth-order valence-electron chi connectivity index (χ4n) is 2.61. The van der Waals surface area contributed by atoms with Crippen LogP contribution in [0.1, 0.15) is 38.3 Å². The quantitative estimate of drug-likeness (QED) is 0.801. The smallest absolute Gasteiger partial charge is 0.134 e. The number of aliphatic hydroxyl groups is 1. The third kappa shape index (κ3) is 4.40. The molecule has 1 fully saturated rings. The summed E-state index contributed by atoms with van der Waals surface area (Å²) >= 11 is 1.45. The van der Waals surface area contributed by atoms with E-state index in [9.17, 15) is 0 Å². The molecule has 0 aliphatic carbocycles. The molecule has 0 spiro atoms. The molecule has 0 aromatic carbocycles. The highest BCUT2D eigenvalue weighted by atomic mass is 32.1. The van der Waals surface area contributed by atoms with Gasteiger partial charge in [0.15, 0.2) is 0 Å². The Morgan fingerprint density at radius 1 is 1.53 bits per heavy atom. The second-order valence-electron chi connectivity index (χ2n) is 5.23. The van der Waals surface area contributed by atoms with Gasteiger partial charge in [-0.2, -0.15) is 0 Å². The van der Waals surface area contributed by atoms with Crippen molar-refractivity contribution in [3.05, 3.63) is 5.69 Å². The van der Waals surface area contributed by atoms with Gasteiger partial charge in [-0.05, 0) is 38.1 Å². The number of aromatic nitrogens is 2. The third-order valence-electron chi connectivity index (χ3n) is 3.61. The molecule has 0 saturated carbocycles. The molecule has 1 unspecified atom stereocenters. The van der Waals surface area contributed by atoms with E-state index in [2.05, 4.69) is 26.7 Å². The lowest BCUT2D eigenvalue weighted by atomic mass is 9.95. The molecule has 1 saturated heterocycles. The van der Waals surface area contributed by atoms with Crippen molar-refractivity contribution in [1.82, 2.24) is 14.5 Å². The number of piperidine rings is 1. The van der Waals surface area contributed by atoms with E-state index in [0.29, 0.717) is 12.5 Å². The second-order valence-corrected chi connectivity index (χ2v) is 5.99. The molecule has 1 aromatic heterocycles. The van der Waals surface area contributed by atoms with E-state index in [1.165, 1.54) is 24.4 Å². The van der Waals surface area contributed by atoms with E-state index in [4.69, 9.17) is 5.11 Å². The Balaban J connectivity index is 1.87. The van der Waals surface area contributed by atoms with Crippen molar-refractivity contribution in [2.24, 2.45) is 5.92 Å². The first-order valence-electron chi connectivity index (χ1n) is 7.21. The molecule has 6 heteroatoms. The van der Waals surface area contributed by atoms with Crippen LogP contribution in [0, 0.1) is 5.92 Å². The first-order chi connectivity index (χ1) is 9.33. The van der Waals surface area contributed by atoms with Crippen molar-refractivity contribution >= 4 is 16.5 Å². The van der Waals surface area contributed by atoms with Crippen molar-refractivity contribution in [2.75, 3.05) is 31.6 Å². The highest BCUT2D eigenvalue weighted by Gasteiger charge is 2.21. The van der Waals surface area contributed by atoms with Gasteiger partial charge >= 0.3 is 0 Å². The molecule has 0 amide bonds. The van der Waals surface area contributed by atoms with E-state index in [0.717, 1.165) is 49.7 Å². The van der Waals surface area contributed by atoms with Crippen LogP contribution in [-0.4, -0.2) is 45.8 Å². The molecule has 19 heavy (non-hydrogen) atoms. The van der Waals surface area contributed by atoms with Crippen LogP contribution in [0.5, 0.6) is 0 Å². The van der Waals surface area contributed by atoms with Crippen molar-refractivity contribution in [2.45, 2.75) is 39.2 Å². The SMILES string of the molecule is CCCNc1snnc1CN1CCCC(CCO)C1. The van der Waals surface area contributed by atoms with Gasteiger partial charge in [-0.3, -0.25) is 4.90 Å². The number of nitrogens with one attached hydrogen (secondary N) is 1. The summed E-state index contributed by atoms with van der Waals surface area (Å²) in [4.78, 5) is 2.44. The van der Waals surface area contributed by atoms with Crippen molar-refractivity contribution in [1.29, 1.82) is 0 Å². The maximum Gasteiger partial charge on any atom is 0.134 e. The first-order valence-corrected chi connectivity index (χ1v) is 7.99. The van der Waals surface area contributed by atoms with Gasteiger partial charge in [-0.25, -0.2) is 0 Å². The molecule has 2 rings (SSSR count). The standard InChI is InChI=1S/C13H24N4OS/c1-2-6-14-13-12(15-16-19-13)10-17-7-3-4-11(9-17)5-8-18/h11,14,18H,2-10H2,1H3. The van der Waals surface area contributed by atoms with Gasteiger partial charge in [0.1, 0.15) is 10.7 Å². The average molecular weight is 284 g/mol. The second kappa shape index (κ2) is 7.77. The molecule has 0 radical (unpaired) electrons. The summed E-state index contributed by atoms with van der Waals surface area (Å²) in [5.74, 6) is 0.636. The predicted octanol–water partition coefficient (Wildman–Crippen LogP) is 1.95. The fraction of sp³-hybridized carbons (Fsp3) is 0.846. The molecule has 1 atom stereocenters. The van der Waals surface area contributed by atoms with Crippen LogP contribution in [-0.2, 0) is 6.54 Å². The lowest BCUT2D eigenvalue weighted by molar-refractivity contribution is 0.141. The minimum atomic E-state index is 0.306. The molecule has 2 N–H and O–H groups in total. The molecule has 5 nitrogen and oxygen atoms in total. The van der Waals surface area contributed by atoms with Gasteiger partial charge in [0, 0.05) is 37.8 Å². The summed E-state index contributed by atoms with van der Waals surface area (Å²) < 4.78 is 4.06. The molecule has 1 aromatic rings. The molecule has 1 aliphatic rings. The van der Waals surface area contributed by atoms with Gasteiger partial charge in [0.05, 0.1) is 0 Å². The summed E-state index contributed by atoms with van der Waals surface area (Å²) in [7, 11) is 0. The van der Waals surface area contributed by atoms with Gasteiger partial charge in [0.2, 0.25) is 0 Å². The van der Waals surface area contributed by atoms with Gasteiger partial charge < -0.3 is 10.4 Å². The molecular weight excluding hydrogens is 260 g/mol. The zero-order chi connectivity index (χ0) is 13.5. The maximum absolute atomic E-state index is 9.05. The Labute approximate surface area is 119 Å². The molecule has 2 heterocycles. The van der Waals surface area contributed by atoms with Crippen LogP contribution in [0.15, 0.2) is 0 Å². The average Bonchev–Trinajstić information content (AvgIpc) is 2.84. The van der Waals surface area contributed by atoms with Gasteiger partial charge in [-0.1, -0.05) is 11.4 Å². The van der Waals surface area contributed by atoms with Crippen LogP contribution in [0.4, 0.5) is 5.00 Å². The Hall–Kier alpha value is -0.720. The predicted molar refractivity (Wildman–Crippen MR) is 78.4 cm³/mol. The molecular formula is C13H24N4OS.